The molecule has 0 aromatic carbocycles. The van der Waals surface area contributed by atoms with Crippen LogP contribution < -0.4 is 5.73 Å². The first-order valence-corrected chi connectivity index (χ1v) is 5.53. The first-order valence-electron chi connectivity index (χ1n) is 5.53. The molecule has 3 nitrogen and oxygen atoms in total. The molecule has 0 spiro atoms. The van der Waals surface area contributed by atoms with E-state index in [1.807, 2.05) is 0 Å². The number of rotatable bonds is 2. The molecule has 2 bridgehead atoms. The van der Waals surface area contributed by atoms with Crippen LogP contribution in [0.1, 0.15) is 19.3 Å². The average Bonchev–Trinajstić information content (AvgIpc) is 2.87. The van der Waals surface area contributed by atoms with Gasteiger partial charge < -0.3 is 10.6 Å². The molecule has 0 aromatic heterocycles. The molecule has 1 saturated carbocycles. The van der Waals surface area contributed by atoms with Crippen LogP contribution in [0, 0.1) is 0 Å². The Balaban J connectivity index is 1.77. The van der Waals surface area contributed by atoms with E-state index in [1.54, 1.807) is 0 Å². The third kappa shape index (κ3) is 1.14. The van der Waals surface area contributed by atoms with Gasteiger partial charge in [0.15, 0.2) is 0 Å². The molecule has 1 aliphatic carbocycles. The number of piperazine rings is 1. The Labute approximate surface area is 79.9 Å². The van der Waals surface area contributed by atoms with Crippen molar-refractivity contribution in [2.75, 3.05) is 32.7 Å². The molecule has 3 fully saturated rings. The molecule has 3 heteroatoms. The van der Waals surface area contributed by atoms with Crippen molar-refractivity contribution in [1.29, 1.82) is 0 Å². The van der Waals surface area contributed by atoms with Gasteiger partial charge in [-0.25, -0.2) is 0 Å². The van der Waals surface area contributed by atoms with Gasteiger partial charge in [0.1, 0.15) is 0 Å². The fraction of sp³-hybridized carbons (Fsp3) is 1.00. The summed E-state index contributed by atoms with van der Waals surface area (Å²) >= 11 is 0. The van der Waals surface area contributed by atoms with Crippen LogP contribution in [0.2, 0.25) is 0 Å². The van der Waals surface area contributed by atoms with Gasteiger partial charge in [0.05, 0.1) is 0 Å². The minimum atomic E-state index is 0.446. The van der Waals surface area contributed by atoms with Crippen LogP contribution in [-0.2, 0) is 0 Å². The van der Waals surface area contributed by atoms with Gasteiger partial charge in [-0.1, -0.05) is 0 Å². The Morgan fingerprint density at radius 3 is 2.77 bits per heavy atom. The van der Waals surface area contributed by atoms with E-state index in [2.05, 4.69) is 9.80 Å². The van der Waals surface area contributed by atoms with Crippen LogP contribution in [0.4, 0.5) is 0 Å². The summed E-state index contributed by atoms with van der Waals surface area (Å²) in [6.45, 7) is 6.05. The molecule has 2 unspecified atom stereocenters. The number of hydrogen-bond acceptors (Lipinski definition) is 3. The Hall–Kier alpha value is -0.120. The number of nitrogens with zero attached hydrogens (tertiary/aromatic N) is 2. The van der Waals surface area contributed by atoms with Crippen LogP contribution in [-0.4, -0.2) is 54.1 Å². The van der Waals surface area contributed by atoms with Gasteiger partial charge in [-0.2, -0.15) is 0 Å². The molecule has 3 rings (SSSR count). The summed E-state index contributed by atoms with van der Waals surface area (Å²) in [5, 5.41) is 0. The zero-order chi connectivity index (χ0) is 8.89. The molecular formula is C10H19N3. The highest BCUT2D eigenvalue weighted by atomic mass is 15.4. The quantitative estimate of drug-likeness (QED) is 0.644. The Kier molecular flexibility index (Phi) is 1.70. The Morgan fingerprint density at radius 1 is 1.23 bits per heavy atom. The van der Waals surface area contributed by atoms with Crippen LogP contribution in [0.25, 0.3) is 0 Å². The Bertz CT molecular complexity index is 212. The molecular weight excluding hydrogens is 162 g/mol. The minimum absolute atomic E-state index is 0.446. The predicted molar refractivity (Wildman–Crippen MR) is 52.6 cm³/mol. The van der Waals surface area contributed by atoms with Gasteiger partial charge in [-0.05, 0) is 25.8 Å². The lowest BCUT2D eigenvalue weighted by atomic mass is 10.1. The fourth-order valence-electron chi connectivity index (χ4n) is 3.08. The SMILES string of the molecule is NCC1(N2CCN3CCC2C3)CC1. The second-order valence-corrected chi connectivity index (χ2v) is 4.86. The van der Waals surface area contributed by atoms with E-state index < -0.39 is 0 Å². The molecule has 74 valence electrons. The van der Waals surface area contributed by atoms with Crippen LogP contribution in [0.5, 0.6) is 0 Å². The standard InChI is InChI=1S/C10H19N3/c11-8-10(2-3-10)13-6-5-12-4-1-9(13)7-12/h9H,1-8,11H2. The molecule has 2 aliphatic heterocycles. The van der Waals surface area contributed by atoms with Crippen molar-refractivity contribution in [3.8, 4) is 0 Å². The maximum atomic E-state index is 5.87. The second-order valence-electron chi connectivity index (χ2n) is 4.86. The summed E-state index contributed by atoms with van der Waals surface area (Å²) in [6.07, 6.45) is 4.07. The van der Waals surface area contributed by atoms with Gasteiger partial charge in [-0.3, -0.25) is 4.90 Å². The normalized spacial score (nSPS) is 42.2. The monoisotopic (exact) mass is 181 g/mol. The van der Waals surface area contributed by atoms with Crippen molar-refractivity contribution in [2.24, 2.45) is 5.73 Å². The predicted octanol–water partition coefficient (Wildman–Crippen LogP) is -0.132. The van der Waals surface area contributed by atoms with E-state index in [0.29, 0.717) is 5.54 Å². The third-order valence-electron chi connectivity index (χ3n) is 4.16. The van der Waals surface area contributed by atoms with Gasteiger partial charge >= 0.3 is 0 Å². The van der Waals surface area contributed by atoms with E-state index >= 15 is 0 Å². The molecule has 13 heavy (non-hydrogen) atoms. The highest BCUT2D eigenvalue weighted by molar-refractivity contribution is 5.09. The van der Waals surface area contributed by atoms with Crippen molar-refractivity contribution in [1.82, 2.24) is 9.80 Å². The largest absolute Gasteiger partial charge is 0.329 e. The first kappa shape index (κ1) is 8.21. The van der Waals surface area contributed by atoms with E-state index in [0.717, 1.165) is 12.6 Å². The van der Waals surface area contributed by atoms with E-state index in [-0.39, 0.29) is 0 Å². The van der Waals surface area contributed by atoms with Crippen LogP contribution in [0.3, 0.4) is 0 Å². The van der Waals surface area contributed by atoms with Crippen molar-refractivity contribution >= 4 is 0 Å². The van der Waals surface area contributed by atoms with Crippen molar-refractivity contribution in [3.63, 3.8) is 0 Å². The molecule has 2 atom stereocenters. The van der Waals surface area contributed by atoms with E-state index in [1.165, 1.54) is 45.4 Å². The smallest absolute Gasteiger partial charge is 0.0337 e. The lowest BCUT2D eigenvalue weighted by Gasteiger charge is -2.40. The Morgan fingerprint density at radius 2 is 2.08 bits per heavy atom. The van der Waals surface area contributed by atoms with Gasteiger partial charge in [0.25, 0.3) is 0 Å². The van der Waals surface area contributed by atoms with Gasteiger partial charge in [0.2, 0.25) is 0 Å². The van der Waals surface area contributed by atoms with Crippen molar-refractivity contribution < 1.29 is 0 Å². The summed E-state index contributed by atoms with van der Waals surface area (Å²) in [4.78, 5) is 5.31. The van der Waals surface area contributed by atoms with Crippen molar-refractivity contribution in [2.45, 2.75) is 30.8 Å². The molecule has 0 amide bonds. The first-order chi connectivity index (χ1) is 6.34. The van der Waals surface area contributed by atoms with Gasteiger partial charge in [0, 0.05) is 37.8 Å². The highest BCUT2D eigenvalue weighted by Gasteiger charge is 2.51. The molecule has 3 aliphatic rings. The highest BCUT2D eigenvalue weighted by Crippen LogP contribution is 2.44. The maximum Gasteiger partial charge on any atom is 0.0337 e. The minimum Gasteiger partial charge on any atom is -0.329 e. The lowest BCUT2D eigenvalue weighted by Crippen LogP contribution is -2.55. The summed E-state index contributed by atoms with van der Waals surface area (Å²) in [5.41, 5.74) is 6.32. The molecule has 0 aromatic rings. The number of nitrogens with two attached hydrogens (primary N) is 1. The summed E-state index contributed by atoms with van der Waals surface area (Å²) in [5.74, 6) is 0. The molecule has 2 saturated heterocycles. The maximum absolute atomic E-state index is 5.87. The lowest BCUT2D eigenvalue weighted by molar-refractivity contribution is 0.0801. The number of fused-ring (bicyclic) bond motifs is 2. The zero-order valence-corrected chi connectivity index (χ0v) is 8.21. The zero-order valence-electron chi connectivity index (χ0n) is 8.21. The molecule has 2 N–H and O–H groups in total. The van der Waals surface area contributed by atoms with E-state index in [4.69, 9.17) is 5.73 Å². The second kappa shape index (κ2) is 2.69. The fourth-order valence-corrected chi connectivity index (χ4v) is 3.08. The van der Waals surface area contributed by atoms with Gasteiger partial charge in [-0.15, -0.1) is 0 Å². The number of hydrogen-bond donors (Lipinski definition) is 1. The summed E-state index contributed by atoms with van der Waals surface area (Å²) in [7, 11) is 0. The van der Waals surface area contributed by atoms with Crippen LogP contribution in [0.15, 0.2) is 0 Å². The van der Waals surface area contributed by atoms with Crippen molar-refractivity contribution in [3.05, 3.63) is 0 Å². The third-order valence-corrected chi connectivity index (χ3v) is 4.16. The molecule has 0 radical (unpaired) electrons. The topological polar surface area (TPSA) is 32.5 Å². The van der Waals surface area contributed by atoms with Crippen LogP contribution >= 0.6 is 0 Å². The molecule has 2 heterocycles. The summed E-state index contributed by atoms with van der Waals surface area (Å²) in [6, 6.07) is 0.833. The van der Waals surface area contributed by atoms with E-state index in [9.17, 15) is 0 Å². The summed E-state index contributed by atoms with van der Waals surface area (Å²) < 4.78 is 0. The average molecular weight is 181 g/mol.